The number of benzene rings is 1. The van der Waals surface area contributed by atoms with Crippen LogP contribution in [0.2, 0.25) is 0 Å². The molecule has 3 fully saturated rings. The Morgan fingerprint density at radius 3 is 2.58 bits per heavy atom. The molecule has 4 nitrogen and oxygen atoms in total. The van der Waals surface area contributed by atoms with Gasteiger partial charge in [-0.1, -0.05) is 43.2 Å². The summed E-state index contributed by atoms with van der Waals surface area (Å²) in [6, 6.07) is 11.1. The van der Waals surface area contributed by atoms with Crippen LogP contribution in [0.5, 0.6) is 0 Å². The minimum Gasteiger partial charge on any atom is -0.381 e. The minimum absolute atomic E-state index is 0. The van der Waals surface area contributed by atoms with Crippen LogP contribution < -0.4 is 5.32 Å². The molecule has 0 radical (unpaired) electrons. The number of nitrogens with one attached hydrogen (secondary N) is 1. The van der Waals surface area contributed by atoms with Crippen molar-refractivity contribution in [3.05, 3.63) is 35.9 Å². The summed E-state index contributed by atoms with van der Waals surface area (Å²) in [5.74, 6) is 1.07. The highest BCUT2D eigenvalue weighted by molar-refractivity contribution is 14.0. The normalized spacial score (nSPS) is 27.7. The van der Waals surface area contributed by atoms with Crippen LogP contribution in [0, 0.1) is 5.41 Å². The fourth-order valence-electron chi connectivity index (χ4n) is 5.08. The molecule has 1 aromatic carbocycles. The quantitative estimate of drug-likeness (QED) is 0.416. The van der Waals surface area contributed by atoms with Gasteiger partial charge in [0.25, 0.3) is 0 Å². The van der Waals surface area contributed by atoms with Gasteiger partial charge < -0.3 is 15.0 Å². The van der Waals surface area contributed by atoms with Crippen LogP contribution in [-0.4, -0.2) is 50.8 Å². The first-order valence-electron chi connectivity index (χ1n) is 9.84. The highest BCUT2D eigenvalue weighted by Crippen LogP contribution is 2.41. The van der Waals surface area contributed by atoms with Crippen LogP contribution in [-0.2, 0) is 10.2 Å². The van der Waals surface area contributed by atoms with E-state index in [9.17, 15) is 0 Å². The van der Waals surface area contributed by atoms with Crippen LogP contribution >= 0.6 is 24.0 Å². The third kappa shape index (κ3) is 3.88. The van der Waals surface area contributed by atoms with Gasteiger partial charge in [-0.25, -0.2) is 0 Å². The van der Waals surface area contributed by atoms with Crippen molar-refractivity contribution in [2.75, 3.05) is 39.9 Å². The topological polar surface area (TPSA) is 36.9 Å². The number of hydrogen-bond acceptors (Lipinski definition) is 2. The molecule has 1 unspecified atom stereocenters. The van der Waals surface area contributed by atoms with Crippen LogP contribution in [0.1, 0.15) is 44.1 Å². The van der Waals surface area contributed by atoms with E-state index in [1.807, 2.05) is 7.05 Å². The van der Waals surface area contributed by atoms with Gasteiger partial charge in [-0.15, -0.1) is 24.0 Å². The first-order valence-corrected chi connectivity index (χ1v) is 9.84. The summed E-state index contributed by atoms with van der Waals surface area (Å²) in [6.45, 7) is 5.03. The summed E-state index contributed by atoms with van der Waals surface area (Å²) < 4.78 is 5.67. The fourth-order valence-corrected chi connectivity index (χ4v) is 5.08. The average molecular weight is 469 g/mol. The van der Waals surface area contributed by atoms with Gasteiger partial charge >= 0.3 is 0 Å². The second-order valence-corrected chi connectivity index (χ2v) is 8.23. The molecule has 0 amide bonds. The Bertz CT molecular complexity index is 607. The first-order chi connectivity index (χ1) is 12.3. The van der Waals surface area contributed by atoms with Gasteiger partial charge in [0, 0.05) is 44.1 Å². The zero-order chi connectivity index (χ0) is 17.2. The van der Waals surface area contributed by atoms with Crippen molar-refractivity contribution >= 4 is 29.9 Å². The van der Waals surface area contributed by atoms with Crippen molar-refractivity contribution in [2.24, 2.45) is 10.4 Å². The van der Waals surface area contributed by atoms with E-state index in [2.05, 4.69) is 45.5 Å². The molecule has 1 N–H and O–H groups in total. The van der Waals surface area contributed by atoms with E-state index in [1.165, 1.54) is 44.1 Å². The Morgan fingerprint density at radius 2 is 1.92 bits per heavy atom. The molecule has 1 aromatic rings. The molecule has 4 rings (SSSR count). The number of aliphatic imine (C=N–C) groups is 1. The summed E-state index contributed by atoms with van der Waals surface area (Å²) in [5.41, 5.74) is 2.13. The Kier molecular flexibility index (Phi) is 6.49. The largest absolute Gasteiger partial charge is 0.381 e. The lowest BCUT2D eigenvalue weighted by molar-refractivity contribution is 0.156. The molecule has 0 aromatic heterocycles. The van der Waals surface area contributed by atoms with Gasteiger partial charge in [0.2, 0.25) is 0 Å². The van der Waals surface area contributed by atoms with E-state index in [4.69, 9.17) is 4.74 Å². The van der Waals surface area contributed by atoms with Gasteiger partial charge in [-0.2, -0.15) is 0 Å². The first kappa shape index (κ1) is 19.9. The molecule has 2 heterocycles. The number of halogens is 1. The van der Waals surface area contributed by atoms with Crippen molar-refractivity contribution in [3.63, 3.8) is 0 Å². The smallest absolute Gasteiger partial charge is 0.193 e. The SMILES string of the molecule is CN=C(NCC1(c2ccccc2)CCCC1)N1CCC2(CCOC2)C1.I. The van der Waals surface area contributed by atoms with Crippen molar-refractivity contribution < 1.29 is 4.74 Å². The van der Waals surface area contributed by atoms with Crippen LogP contribution in [0.4, 0.5) is 0 Å². The monoisotopic (exact) mass is 469 g/mol. The van der Waals surface area contributed by atoms with Crippen LogP contribution in [0.15, 0.2) is 35.3 Å². The highest BCUT2D eigenvalue weighted by atomic mass is 127. The lowest BCUT2D eigenvalue weighted by Crippen LogP contribution is -2.46. The number of nitrogens with zero attached hydrogens (tertiary/aromatic N) is 2. The Labute approximate surface area is 174 Å². The third-order valence-corrected chi connectivity index (χ3v) is 6.67. The second kappa shape index (κ2) is 8.46. The van der Waals surface area contributed by atoms with Gasteiger partial charge in [0.1, 0.15) is 0 Å². The molecule has 3 aliphatic rings. The fraction of sp³-hybridized carbons (Fsp3) is 0.667. The molecule has 1 saturated carbocycles. The van der Waals surface area contributed by atoms with Crippen molar-refractivity contribution in [2.45, 2.75) is 43.9 Å². The maximum atomic E-state index is 5.67. The van der Waals surface area contributed by atoms with Crippen molar-refractivity contribution in [1.82, 2.24) is 10.2 Å². The predicted octanol–water partition coefficient (Wildman–Crippen LogP) is 3.80. The van der Waals surface area contributed by atoms with E-state index in [-0.39, 0.29) is 29.4 Å². The van der Waals surface area contributed by atoms with Crippen LogP contribution in [0.25, 0.3) is 0 Å². The second-order valence-electron chi connectivity index (χ2n) is 8.23. The zero-order valence-corrected chi connectivity index (χ0v) is 18.2. The highest BCUT2D eigenvalue weighted by Gasteiger charge is 2.43. The molecule has 26 heavy (non-hydrogen) atoms. The average Bonchev–Trinajstić information content (AvgIpc) is 3.40. The molecule has 144 valence electrons. The molecule has 0 bridgehead atoms. The maximum absolute atomic E-state index is 5.67. The number of ether oxygens (including phenoxy) is 1. The molecule has 2 saturated heterocycles. The summed E-state index contributed by atoms with van der Waals surface area (Å²) >= 11 is 0. The summed E-state index contributed by atoms with van der Waals surface area (Å²) in [6.07, 6.45) is 7.65. The minimum atomic E-state index is 0. The summed E-state index contributed by atoms with van der Waals surface area (Å²) in [5, 5.41) is 3.73. The lowest BCUT2D eigenvalue weighted by Gasteiger charge is -2.32. The van der Waals surface area contributed by atoms with E-state index < -0.39 is 0 Å². The molecular formula is C21H32IN3O. The van der Waals surface area contributed by atoms with Gasteiger partial charge in [0.05, 0.1) is 6.61 Å². The molecular weight excluding hydrogens is 437 g/mol. The molecule has 2 aliphatic heterocycles. The standard InChI is InChI=1S/C21H31N3O.HI/c1-22-19(24-13-11-20(16-24)12-14-25-17-20)23-15-21(9-5-6-10-21)18-7-3-2-4-8-18;/h2-4,7-8H,5-6,9-17H2,1H3,(H,22,23);1H. The number of likely N-dealkylation sites (tertiary alicyclic amines) is 1. The predicted molar refractivity (Wildman–Crippen MR) is 117 cm³/mol. The van der Waals surface area contributed by atoms with Gasteiger partial charge in [-0.05, 0) is 31.2 Å². The van der Waals surface area contributed by atoms with E-state index >= 15 is 0 Å². The Balaban J connectivity index is 0.00000196. The maximum Gasteiger partial charge on any atom is 0.193 e. The number of hydrogen-bond donors (Lipinski definition) is 1. The van der Waals surface area contributed by atoms with Crippen LogP contribution in [0.3, 0.4) is 0 Å². The lowest BCUT2D eigenvalue weighted by atomic mass is 9.79. The van der Waals surface area contributed by atoms with Gasteiger partial charge in [0.15, 0.2) is 5.96 Å². The van der Waals surface area contributed by atoms with E-state index in [0.29, 0.717) is 5.41 Å². The van der Waals surface area contributed by atoms with Crippen molar-refractivity contribution in [1.29, 1.82) is 0 Å². The summed E-state index contributed by atoms with van der Waals surface area (Å²) in [4.78, 5) is 7.05. The van der Waals surface area contributed by atoms with Crippen molar-refractivity contribution in [3.8, 4) is 0 Å². The van der Waals surface area contributed by atoms with Gasteiger partial charge in [-0.3, -0.25) is 4.99 Å². The Morgan fingerprint density at radius 1 is 1.15 bits per heavy atom. The molecule has 5 heteroatoms. The van der Waals surface area contributed by atoms with E-state index in [0.717, 1.165) is 38.8 Å². The Hall–Kier alpha value is -0.820. The number of guanidine groups is 1. The number of rotatable bonds is 3. The zero-order valence-electron chi connectivity index (χ0n) is 15.9. The third-order valence-electron chi connectivity index (χ3n) is 6.67. The molecule has 1 atom stereocenters. The molecule has 1 spiro atoms. The molecule has 1 aliphatic carbocycles. The summed E-state index contributed by atoms with van der Waals surface area (Å²) in [7, 11) is 1.92. The van der Waals surface area contributed by atoms with E-state index in [1.54, 1.807) is 0 Å².